The van der Waals surface area contributed by atoms with E-state index >= 15 is 0 Å². The first-order chi connectivity index (χ1) is 9.24. The molecule has 1 amide bonds. The molecule has 19 heavy (non-hydrogen) atoms. The number of ether oxygens (including phenoxy) is 1. The van der Waals surface area contributed by atoms with E-state index in [1.54, 1.807) is 0 Å². The monoisotopic (exact) mass is 260 g/mol. The molecular weight excluding hydrogens is 247 g/mol. The number of para-hydroxylation sites is 1. The van der Waals surface area contributed by atoms with Crippen LogP contribution in [0.3, 0.4) is 0 Å². The zero-order valence-electron chi connectivity index (χ0n) is 10.2. The van der Waals surface area contributed by atoms with Crippen molar-refractivity contribution >= 4 is 11.7 Å². The molecule has 98 valence electrons. The summed E-state index contributed by atoms with van der Waals surface area (Å²) in [6.07, 6.45) is 0.174. The molecule has 1 N–H and O–H groups in total. The van der Waals surface area contributed by atoms with Gasteiger partial charge < -0.3 is 10.1 Å². The Bertz CT molecular complexity index is 546. The Balaban J connectivity index is 1.76. The highest BCUT2D eigenvalue weighted by Crippen LogP contribution is 2.09. The van der Waals surface area contributed by atoms with Crippen molar-refractivity contribution in [1.29, 1.82) is 0 Å². The number of hydrogen-bond acceptors (Lipinski definition) is 3. The molecule has 1 heterocycles. The van der Waals surface area contributed by atoms with Gasteiger partial charge in [0.25, 0.3) is 0 Å². The lowest BCUT2D eigenvalue weighted by Gasteiger charge is -2.06. The van der Waals surface area contributed by atoms with Gasteiger partial charge >= 0.3 is 0 Å². The van der Waals surface area contributed by atoms with E-state index in [1.807, 2.05) is 30.3 Å². The molecule has 0 radical (unpaired) electrons. The second-order valence-corrected chi connectivity index (χ2v) is 3.81. The van der Waals surface area contributed by atoms with Crippen LogP contribution < -0.4 is 10.1 Å². The van der Waals surface area contributed by atoms with Crippen molar-refractivity contribution in [2.24, 2.45) is 0 Å². The Morgan fingerprint density at radius 1 is 1.16 bits per heavy atom. The van der Waals surface area contributed by atoms with Gasteiger partial charge in [-0.05, 0) is 24.3 Å². The van der Waals surface area contributed by atoms with Crippen molar-refractivity contribution in [2.45, 2.75) is 6.42 Å². The second kappa shape index (κ2) is 6.49. The number of carbonyl (C=O) groups is 1. The average molecular weight is 260 g/mol. The summed E-state index contributed by atoms with van der Waals surface area (Å²) in [7, 11) is 0. The van der Waals surface area contributed by atoms with E-state index in [2.05, 4.69) is 10.3 Å². The highest BCUT2D eigenvalue weighted by molar-refractivity contribution is 5.89. The summed E-state index contributed by atoms with van der Waals surface area (Å²) in [5.41, 5.74) is 0. The van der Waals surface area contributed by atoms with Gasteiger partial charge in [0.15, 0.2) is 0 Å². The Morgan fingerprint density at radius 2 is 1.95 bits per heavy atom. The SMILES string of the molecule is O=C(CCOc1ccccc1)Nc1cccc(F)n1. The van der Waals surface area contributed by atoms with Gasteiger partial charge in [-0.3, -0.25) is 4.79 Å². The summed E-state index contributed by atoms with van der Waals surface area (Å²) in [4.78, 5) is 15.1. The average Bonchev–Trinajstić information content (AvgIpc) is 2.40. The fourth-order valence-electron chi connectivity index (χ4n) is 1.46. The molecule has 5 heteroatoms. The van der Waals surface area contributed by atoms with Gasteiger partial charge in [-0.15, -0.1) is 0 Å². The molecule has 0 spiro atoms. The second-order valence-electron chi connectivity index (χ2n) is 3.81. The van der Waals surface area contributed by atoms with Crippen molar-refractivity contribution in [1.82, 2.24) is 4.98 Å². The van der Waals surface area contributed by atoms with E-state index in [1.165, 1.54) is 18.2 Å². The molecule has 2 aromatic rings. The molecule has 0 unspecified atom stereocenters. The standard InChI is InChI=1S/C14H13FN2O2/c15-12-7-4-8-13(16-12)17-14(18)9-10-19-11-5-2-1-3-6-11/h1-8H,9-10H2,(H,16,17,18). The number of halogens is 1. The first-order valence-electron chi connectivity index (χ1n) is 5.84. The van der Waals surface area contributed by atoms with E-state index in [9.17, 15) is 9.18 Å². The van der Waals surface area contributed by atoms with Crippen LogP contribution in [-0.4, -0.2) is 17.5 Å². The van der Waals surface area contributed by atoms with Crippen LogP contribution in [0.5, 0.6) is 5.75 Å². The molecule has 4 nitrogen and oxygen atoms in total. The minimum atomic E-state index is -0.627. The Kier molecular flexibility index (Phi) is 4.44. The molecule has 0 bridgehead atoms. The maximum absolute atomic E-state index is 12.8. The van der Waals surface area contributed by atoms with Crippen LogP contribution in [0.4, 0.5) is 10.2 Å². The Labute approximate surface area is 110 Å². The number of carbonyl (C=O) groups excluding carboxylic acids is 1. The van der Waals surface area contributed by atoms with Crippen molar-refractivity contribution in [3.05, 3.63) is 54.5 Å². The Morgan fingerprint density at radius 3 is 2.68 bits per heavy atom. The predicted molar refractivity (Wildman–Crippen MR) is 69.4 cm³/mol. The van der Waals surface area contributed by atoms with E-state index in [-0.39, 0.29) is 24.8 Å². The molecule has 1 aromatic carbocycles. The summed E-state index contributed by atoms with van der Waals surface area (Å²) in [5.74, 6) is 0.0104. The van der Waals surface area contributed by atoms with Crippen LogP contribution in [0, 0.1) is 5.95 Å². The minimum Gasteiger partial charge on any atom is -0.493 e. The van der Waals surface area contributed by atoms with Crippen molar-refractivity contribution in [3.63, 3.8) is 0 Å². The molecule has 0 atom stereocenters. The topological polar surface area (TPSA) is 51.2 Å². The van der Waals surface area contributed by atoms with Crippen LogP contribution in [0.15, 0.2) is 48.5 Å². The maximum atomic E-state index is 12.8. The third kappa shape index (κ3) is 4.39. The molecule has 2 rings (SSSR count). The van der Waals surface area contributed by atoms with E-state index in [0.717, 1.165) is 0 Å². The van der Waals surface area contributed by atoms with Gasteiger partial charge in [-0.1, -0.05) is 24.3 Å². The molecule has 0 aliphatic rings. The van der Waals surface area contributed by atoms with Crippen molar-refractivity contribution < 1.29 is 13.9 Å². The number of aromatic nitrogens is 1. The maximum Gasteiger partial charge on any atom is 0.228 e. The van der Waals surface area contributed by atoms with Crippen LogP contribution in [-0.2, 0) is 4.79 Å². The van der Waals surface area contributed by atoms with Crippen LogP contribution >= 0.6 is 0 Å². The summed E-state index contributed by atoms with van der Waals surface area (Å²) in [5, 5.41) is 2.50. The van der Waals surface area contributed by atoms with Gasteiger partial charge in [0.05, 0.1) is 13.0 Å². The third-order valence-electron chi connectivity index (χ3n) is 2.32. The van der Waals surface area contributed by atoms with Gasteiger partial charge in [0.1, 0.15) is 11.6 Å². The fourth-order valence-corrected chi connectivity index (χ4v) is 1.46. The number of benzene rings is 1. The summed E-state index contributed by atoms with van der Waals surface area (Å²) >= 11 is 0. The third-order valence-corrected chi connectivity index (χ3v) is 2.32. The number of nitrogens with zero attached hydrogens (tertiary/aromatic N) is 1. The molecular formula is C14H13FN2O2. The van der Waals surface area contributed by atoms with Crippen molar-refractivity contribution in [2.75, 3.05) is 11.9 Å². The highest BCUT2D eigenvalue weighted by atomic mass is 19.1. The summed E-state index contributed by atoms with van der Waals surface area (Å²) < 4.78 is 18.2. The number of anilines is 1. The first-order valence-corrected chi connectivity index (χ1v) is 5.84. The molecule has 1 aromatic heterocycles. The lowest BCUT2D eigenvalue weighted by Crippen LogP contribution is -2.16. The van der Waals surface area contributed by atoms with Crippen molar-refractivity contribution in [3.8, 4) is 5.75 Å². The normalized spacial score (nSPS) is 9.95. The molecule has 0 aliphatic carbocycles. The first kappa shape index (κ1) is 13.0. The molecule has 0 aliphatic heterocycles. The predicted octanol–water partition coefficient (Wildman–Crippen LogP) is 2.63. The minimum absolute atomic E-state index is 0.174. The molecule has 0 fully saturated rings. The zero-order valence-corrected chi connectivity index (χ0v) is 10.2. The lowest BCUT2D eigenvalue weighted by molar-refractivity contribution is -0.116. The smallest absolute Gasteiger partial charge is 0.228 e. The Hall–Kier alpha value is -2.43. The summed E-state index contributed by atoms with van der Waals surface area (Å²) in [6.45, 7) is 0.255. The number of rotatable bonds is 5. The van der Waals surface area contributed by atoms with E-state index < -0.39 is 5.95 Å². The van der Waals surface area contributed by atoms with Gasteiger partial charge in [-0.25, -0.2) is 4.98 Å². The number of hydrogen-bond donors (Lipinski definition) is 1. The zero-order chi connectivity index (χ0) is 13.5. The fraction of sp³-hybridized carbons (Fsp3) is 0.143. The molecule has 0 saturated heterocycles. The van der Waals surface area contributed by atoms with Crippen LogP contribution in [0.2, 0.25) is 0 Å². The van der Waals surface area contributed by atoms with Gasteiger partial charge in [-0.2, -0.15) is 4.39 Å². The largest absolute Gasteiger partial charge is 0.493 e. The highest BCUT2D eigenvalue weighted by Gasteiger charge is 2.04. The number of amides is 1. The van der Waals surface area contributed by atoms with E-state index in [0.29, 0.717) is 5.75 Å². The van der Waals surface area contributed by atoms with Gasteiger partial charge in [0, 0.05) is 0 Å². The van der Waals surface area contributed by atoms with Gasteiger partial charge in [0.2, 0.25) is 11.9 Å². The van der Waals surface area contributed by atoms with E-state index in [4.69, 9.17) is 4.74 Å². The van der Waals surface area contributed by atoms with Crippen LogP contribution in [0.1, 0.15) is 6.42 Å². The summed E-state index contributed by atoms with van der Waals surface area (Å²) in [6, 6.07) is 13.4. The number of nitrogens with one attached hydrogen (secondary N) is 1. The molecule has 0 saturated carbocycles. The lowest BCUT2D eigenvalue weighted by atomic mass is 10.3. The van der Waals surface area contributed by atoms with Crippen LogP contribution in [0.25, 0.3) is 0 Å². The number of pyridine rings is 1. The quantitative estimate of drug-likeness (QED) is 0.841.